The molecule has 0 saturated heterocycles. The van der Waals surface area contributed by atoms with E-state index < -0.39 is 97.5 Å². The van der Waals surface area contributed by atoms with Gasteiger partial charge in [-0.1, -0.05) is 387 Å². The van der Waals surface area contributed by atoms with Crippen LogP contribution in [0.15, 0.2) is 0 Å². The van der Waals surface area contributed by atoms with Crippen LogP contribution in [0.5, 0.6) is 0 Å². The lowest BCUT2D eigenvalue weighted by molar-refractivity contribution is -0.161. The second kappa shape index (κ2) is 75.3. The highest BCUT2D eigenvalue weighted by molar-refractivity contribution is 7.47. The third-order valence-electron chi connectivity index (χ3n) is 19.1. The molecule has 0 aromatic rings. The Balaban J connectivity index is 5.24. The molecule has 3 N–H and O–H groups in total. The van der Waals surface area contributed by atoms with Gasteiger partial charge in [-0.25, -0.2) is 9.13 Å². The van der Waals surface area contributed by atoms with E-state index in [9.17, 15) is 43.2 Å². The van der Waals surface area contributed by atoms with E-state index in [0.717, 1.165) is 89.9 Å². The summed E-state index contributed by atoms with van der Waals surface area (Å²) in [6.07, 6.45) is 67.8. The first-order chi connectivity index (χ1) is 48.7. The van der Waals surface area contributed by atoms with Crippen LogP contribution >= 0.6 is 15.6 Å². The number of esters is 4. The van der Waals surface area contributed by atoms with Gasteiger partial charge in [-0.2, -0.15) is 0 Å². The highest BCUT2D eigenvalue weighted by Crippen LogP contribution is 2.45. The third-order valence-corrected chi connectivity index (χ3v) is 21.0. The smallest absolute Gasteiger partial charge is 0.462 e. The lowest BCUT2D eigenvalue weighted by atomic mass is 10.0. The minimum atomic E-state index is -4.96. The fourth-order valence-corrected chi connectivity index (χ4v) is 14.2. The minimum absolute atomic E-state index is 0.109. The van der Waals surface area contributed by atoms with Crippen LogP contribution in [-0.2, 0) is 65.4 Å². The molecule has 594 valence electrons. The summed E-state index contributed by atoms with van der Waals surface area (Å²) in [6.45, 7) is 5.03. The van der Waals surface area contributed by atoms with Gasteiger partial charge in [0.15, 0.2) is 12.2 Å². The Morgan fingerprint density at radius 1 is 0.240 bits per heavy atom. The Morgan fingerprint density at radius 3 is 0.590 bits per heavy atom. The maximum absolute atomic E-state index is 13.1. The predicted molar refractivity (Wildman–Crippen MR) is 409 cm³/mol. The van der Waals surface area contributed by atoms with Gasteiger partial charge in [0.25, 0.3) is 0 Å². The van der Waals surface area contributed by atoms with Crippen molar-refractivity contribution in [3.05, 3.63) is 0 Å². The average molecular weight is 1470 g/mol. The van der Waals surface area contributed by atoms with Crippen molar-refractivity contribution in [2.45, 2.75) is 457 Å². The van der Waals surface area contributed by atoms with Crippen LogP contribution in [0.25, 0.3) is 0 Å². The number of phosphoric acid groups is 2. The van der Waals surface area contributed by atoms with E-state index >= 15 is 0 Å². The minimum Gasteiger partial charge on any atom is -0.462 e. The maximum atomic E-state index is 13.1. The first-order valence-corrected chi connectivity index (χ1v) is 45.3. The zero-order chi connectivity index (χ0) is 73.2. The summed E-state index contributed by atoms with van der Waals surface area (Å²) < 4.78 is 68.7. The van der Waals surface area contributed by atoms with Gasteiger partial charge in [0.05, 0.1) is 26.4 Å². The van der Waals surface area contributed by atoms with Crippen LogP contribution in [0.1, 0.15) is 439 Å². The fourth-order valence-electron chi connectivity index (χ4n) is 12.6. The molecular weight excluding hydrogens is 1310 g/mol. The lowest BCUT2D eigenvalue weighted by Gasteiger charge is -2.21. The van der Waals surface area contributed by atoms with Gasteiger partial charge in [-0.15, -0.1) is 0 Å². The number of ether oxygens (including phenoxy) is 4. The molecule has 19 heteroatoms. The van der Waals surface area contributed by atoms with Gasteiger partial charge in [-0.05, 0) is 25.7 Å². The quantitative estimate of drug-likeness (QED) is 0.0222. The molecule has 0 aromatic carbocycles. The van der Waals surface area contributed by atoms with Crippen LogP contribution in [0.2, 0.25) is 0 Å². The fraction of sp³-hybridized carbons (Fsp3) is 0.951. The molecular formula is C81H158O17P2. The second-order valence-electron chi connectivity index (χ2n) is 29.2. The molecule has 0 aliphatic heterocycles. The molecule has 0 rings (SSSR count). The molecule has 0 heterocycles. The maximum Gasteiger partial charge on any atom is 0.472 e. The molecule has 0 bridgehead atoms. The predicted octanol–water partition coefficient (Wildman–Crippen LogP) is 24.6. The van der Waals surface area contributed by atoms with Crippen molar-refractivity contribution >= 4 is 39.5 Å². The van der Waals surface area contributed by atoms with Crippen LogP contribution in [0.4, 0.5) is 0 Å². The molecule has 100 heavy (non-hydrogen) atoms. The average Bonchev–Trinajstić information content (AvgIpc) is 1.00. The molecule has 0 aliphatic rings. The summed E-state index contributed by atoms with van der Waals surface area (Å²) in [5, 5.41) is 10.6. The Bertz CT molecular complexity index is 1890. The number of rotatable bonds is 82. The highest BCUT2D eigenvalue weighted by Gasteiger charge is 2.30. The molecule has 0 amide bonds. The number of hydrogen-bond acceptors (Lipinski definition) is 15. The van der Waals surface area contributed by atoms with E-state index in [1.807, 2.05) is 0 Å². The van der Waals surface area contributed by atoms with E-state index in [-0.39, 0.29) is 25.7 Å². The van der Waals surface area contributed by atoms with E-state index in [1.54, 1.807) is 0 Å². The molecule has 5 atom stereocenters. The number of carbonyl (C=O) groups excluding carboxylic acids is 4. The number of unbranched alkanes of at least 4 members (excludes halogenated alkanes) is 56. The second-order valence-corrected chi connectivity index (χ2v) is 32.1. The Kier molecular flexibility index (Phi) is 73.8. The van der Waals surface area contributed by atoms with Crippen molar-refractivity contribution in [3.8, 4) is 0 Å². The summed E-state index contributed by atoms with van der Waals surface area (Å²) in [7, 11) is -9.92. The van der Waals surface area contributed by atoms with Crippen LogP contribution < -0.4 is 0 Å². The standard InChI is InChI=1S/C81H158O17P2/c1-5-9-13-17-21-25-29-32-35-37-38-39-41-44-48-52-56-60-64-68-81(86)98-77(72-92-79(84)66-62-58-54-50-46-43-40-36-33-30-26-22-18-14-10-6-2)74-96-100(89,90)94-70-75(82)69-93-99(87,88)95-73-76(71-91-78(83)65-61-57-53-49-45-28-24-20-16-12-8-4)97-80(85)67-63-59-55-51-47-42-34-31-27-23-19-15-11-7-3/h75-77,82H,5-74H2,1-4H3,(H,87,88)(H,89,90)/t75-,76+,77+/m0/s1. The largest absolute Gasteiger partial charge is 0.472 e. The molecule has 17 nitrogen and oxygen atoms in total. The van der Waals surface area contributed by atoms with Crippen molar-refractivity contribution in [1.82, 2.24) is 0 Å². The number of carbonyl (C=O) groups is 4. The first kappa shape index (κ1) is 98.1. The summed E-state index contributed by atoms with van der Waals surface area (Å²) >= 11 is 0. The molecule has 2 unspecified atom stereocenters. The molecule has 0 aliphatic carbocycles. The molecule has 0 fully saturated rings. The Labute approximate surface area is 613 Å². The third kappa shape index (κ3) is 74.3. The number of hydrogen-bond donors (Lipinski definition) is 3. The van der Waals surface area contributed by atoms with Crippen molar-refractivity contribution < 1.29 is 80.2 Å². The summed E-state index contributed by atoms with van der Waals surface area (Å²) in [5.41, 5.74) is 0. The van der Waals surface area contributed by atoms with Crippen molar-refractivity contribution in [2.24, 2.45) is 0 Å². The van der Waals surface area contributed by atoms with E-state index in [0.29, 0.717) is 25.7 Å². The lowest BCUT2D eigenvalue weighted by Crippen LogP contribution is -2.30. The topological polar surface area (TPSA) is 237 Å². The molecule has 0 spiro atoms. The van der Waals surface area contributed by atoms with E-state index in [4.69, 9.17) is 37.0 Å². The van der Waals surface area contributed by atoms with E-state index in [2.05, 4.69) is 27.7 Å². The molecule has 0 saturated carbocycles. The van der Waals surface area contributed by atoms with Crippen LogP contribution in [-0.4, -0.2) is 96.7 Å². The number of phosphoric ester groups is 2. The zero-order valence-corrected chi connectivity index (χ0v) is 67.0. The van der Waals surface area contributed by atoms with Crippen LogP contribution in [0.3, 0.4) is 0 Å². The van der Waals surface area contributed by atoms with Gasteiger partial charge in [0.2, 0.25) is 0 Å². The molecule has 0 aromatic heterocycles. The first-order valence-electron chi connectivity index (χ1n) is 42.3. The number of aliphatic hydroxyl groups is 1. The summed E-state index contributed by atoms with van der Waals surface area (Å²) in [5.74, 6) is -2.10. The Hall–Kier alpha value is -1.94. The summed E-state index contributed by atoms with van der Waals surface area (Å²) in [4.78, 5) is 73.0. The number of aliphatic hydroxyl groups excluding tert-OH is 1. The Morgan fingerprint density at radius 2 is 0.400 bits per heavy atom. The van der Waals surface area contributed by atoms with Gasteiger partial charge >= 0.3 is 39.5 Å². The van der Waals surface area contributed by atoms with Gasteiger partial charge in [0.1, 0.15) is 19.3 Å². The van der Waals surface area contributed by atoms with Gasteiger partial charge in [0, 0.05) is 25.7 Å². The van der Waals surface area contributed by atoms with Crippen molar-refractivity contribution in [1.29, 1.82) is 0 Å². The van der Waals surface area contributed by atoms with Crippen molar-refractivity contribution in [3.63, 3.8) is 0 Å². The van der Waals surface area contributed by atoms with Crippen molar-refractivity contribution in [2.75, 3.05) is 39.6 Å². The van der Waals surface area contributed by atoms with Gasteiger partial charge in [-0.3, -0.25) is 37.3 Å². The monoisotopic (exact) mass is 1470 g/mol. The zero-order valence-electron chi connectivity index (χ0n) is 65.2. The molecule has 0 radical (unpaired) electrons. The van der Waals surface area contributed by atoms with Gasteiger partial charge < -0.3 is 33.8 Å². The van der Waals surface area contributed by atoms with E-state index in [1.165, 1.54) is 270 Å². The van der Waals surface area contributed by atoms with Crippen LogP contribution in [0, 0.1) is 0 Å². The SMILES string of the molecule is CCCCCCCCCCCCCCCCCCCCCC(=O)O[C@H](COC(=O)CCCCCCCCCCCCCCCCCC)COP(=O)(O)OC[C@@H](O)COP(=O)(O)OC[C@@H](COC(=O)CCCCCCCCCCCCC)OC(=O)CCCCCCCCCCCCCCCC. The normalized spacial score (nSPS) is 13.8. The highest BCUT2D eigenvalue weighted by atomic mass is 31.2. The summed E-state index contributed by atoms with van der Waals surface area (Å²) in [6, 6.07) is 0.